The number of pyridine rings is 1. The van der Waals surface area contributed by atoms with Crippen molar-refractivity contribution in [3.63, 3.8) is 0 Å². The van der Waals surface area contributed by atoms with Gasteiger partial charge in [-0.05, 0) is 31.2 Å². The number of thiazole rings is 1. The third-order valence-electron chi connectivity index (χ3n) is 4.58. The summed E-state index contributed by atoms with van der Waals surface area (Å²) in [5.41, 5.74) is 0.904. The fourth-order valence-corrected chi connectivity index (χ4v) is 4.38. The maximum Gasteiger partial charge on any atom is 0.263 e. The lowest BCUT2D eigenvalue weighted by Crippen LogP contribution is -2.52. The van der Waals surface area contributed by atoms with Crippen LogP contribution in [0.1, 0.15) is 6.92 Å². The molecule has 0 spiro atoms. The lowest BCUT2D eigenvalue weighted by atomic mass is 10.2. The number of anilines is 1. The molecular formula is C19H18Cl2N4O2S. The lowest BCUT2D eigenvalue weighted by molar-refractivity contribution is -0.138. The van der Waals surface area contributed by atoms with Crippen LogP contribution in [0.4, 0.5) is 5.13 Å². The number of carbonyl (C=O) groups is 1. The summed E-state index contributed by atoms with van der Waals surface area (Å²) >= 11 is 13.7. The first-order valence-electron chi connectivity index (χ1n) is 8.89. The van der Waals surface area contributed by atoms with E-state index in [1.54, 1.807) is 42.7 Å². The van der Waals surface area contributed by atoms with Crippen LogP contribution in [0.2, 0.25) is 10.0 Å². The van der Waals surface area contributed by atoms with E-state index in [-0.39, 0.29) is 5.91 Å². The van der Waals surface area contributed by atoms with Gasteiger partial charge in [0.25, 0.3) is 5.91 Å². The summed E-state index contributed by atoms with van der Waals surface area (Å²) < 4.78 is 5.75. The van der Waals surface area contributed by atoms with Gasteiger partial charge in [-0.2, -0.15) is 0 Å². The quantitative estimate of drug-likeness (QED) is 0.615. The van der Waals surface area contributed by atoms with Crippen LogP contribution in [-0.4, -0.2) is 53.1 Å². The van der Waals surface area contributed by atoms with Crippen molar-refractivity contribution in [2.75, 3.05) is 31.1 Å². The van der Waals surface area contributed by atoms with Gasteiger partial charge in [-0.1, -0.05) is 40.6 Å². The topological polar surface area (TPSA) is 58.6 Å². The first-order valence-corrected chi connectivity index (χ1v) is 10.5. The molecule has 3 aromatic rings. The number of nitrogens with zero attached hydrogens (tertiary/aromatic N) is 4. The molecule has 0 N–H and O–H groups in total. The van der Waals surface area contributed by atoms with Crippen LogP contribution in [-0.2, 0) is 4.79 Å². The standard InChI is InChI=1S/C19H18Cl2N4O2S/c1-12(27-15-6-2-4-13(20)16(15)21)18(26)24-8-10-25(11-9-24)19-23-14-5-3-7-22-17(14)28-19/h2-7,12H,8-11H2,1H3. The number of fused-ring (bicyclic) bond motifs is 1. The van der Waals surface area contributed by atoms with E-state index in [4.69, 9.17) is 27.9 Å². The van der Waals surface area contributed by atoms with E-state index < -0.39 is 6.10 Å². The summed E-state index contributed by atoms with van der Waals surface area (Å²) in [4.78, 5) is 26.7. The third kappa shape index (κ3) is 3.87. The fraction of sp³-hybridized carbons (Fsp3) is 0.316. The first kappa shape index (κ1) is 19.2. The second-order valence-electron chi connectivity index (χ2n) is 6.45. The third-order valence-corrected chi connectivity index (χ3v) is 6.43. The molecule has 1 aliphatic rings. The van der Waals surface area contributed by atoms with Crippen LogP contribution in [0.3, 0.4) is 0 Å². The molecule has 28 heavy (non-hydrogen) atoms. The molecule has 0 saturated carbocycles. The Bertz CT molecular complexity index is 972. The van der Waals surface area contributed by atoms with Crippen molar-refractivity contribution in [2.24, 2.45) is 0 Å². The van der Waals surface area contributed by atoms with Gasteiger partial charge in [-0.25, -0.2) is 9.97 Å². The van der Waals surface area contributed by atoms with E-state index in [0.717, 1.165) is 28.6 Å². The smallest absolute Gasteiger partial charge is 0.263 e. The molecule has 6 nitrogen and oxygen atoms in total. The summed E-state index contributed by atoms with van der Waals surface area (Å²) in [5, 5.41) is 1.66. The average Bonchev–Trinajstić information content (AvgIpc) is 3.15. The minimum atomic E-state index is -0.644. The summed E-state index contributed by atoms with van der Waals surface area (Å²) in [6.45, 7) is 4.38. The van der Waals surface area contributed by atoms with E-state index in [2.05, 4.69) is 14.9 Å². The highest BCUT2D eigenvalue weighted by Crippen LogP contribution is 2.32. The Balaban J connectivity index is 1.37. The molecule has 9 heteroatoms. The summed E-state index contributed by atoms with van der Waals surface area (Å²) in [6.07, 6.45) is 1.13. The Morgan fingerprint density at radius 2 is 1.96 bits per heavy atom. The van der Waals surface area contributed by atoms with Gasteiger partial charge in [0.15, 0.2) is 11.2 Å². The van der Waals surface area contributed by atoms with Gasteiger partial charge in [0.05, 0.1) is 5.02 Å². The van der Waals surface area contributed by atoms with Crippen molar-refractivity contribution in [1.82, 2.24) is 14.9 Å². The number of benzene rings is 1. The Kier molecular flexibility index (Phi) is 5.57. The lowest BCUT2D eigenvalue weighted by Gasteiger charge is -2.35. The molecule has 0 radical (unpaired) electrons. The fourth-order valence-electron chi connectivity index (χ4n) is 3.08. The van der Waals surface area contributed by atoms with E-state index in [0.29, 0.717) is 28.9 Å². The largest absolute Gasteiger partial charge is 0.479 e. The number of ether oxygens (including phenoxy) is 1. The minimum absolute atomic E-state index is 0.0679. The average molecular weight is 437 g/mol. The van der Waals surface area contributed by atoms with Gasteiger partial charge >= 0.3 is 0 Å². The highest BCUT2D eigenvalue weighted by Gasteiger charge is 2.27. The number of aromatic nitrogens is 2. The number of carbonyl (C=O) groups excluding carboxylic acids is 1. The molecule has 0 aliphatic carbocycles. The Hall–Kier alpha value is -2.09. The number of hydrogen-bond donors (Lipinski definition) is 0. The maximum atomic E-state index is 12.8. The summed E-state index contributed by atoms with van der Waals surface area (Å²) in [5.74, 6) is 0.345. The Labute approximate surface area is 176 Å². The first-order chi connectivity index (χ1) is 13.5. The zero-order chi connectivity index (χ0) is 19.7. The molecule has 4 rings (SSSR count). The minimum Gasteiger partial charge on any atom is -0.479 e. The van der Waals surface area contributed by atoms with Gasteiger partial charge < -0.3 is 14.5 Å². The van der Waals surface area contributed by atoms with Gasteiger partial charge in [0.2, 0.25) is 0 Å². The predicted molar refractivity (Wildman–Crippen MR) is 113 cm³/mol. The van der Waals surface area contributed by atoms with Gasteiger partial charge in [0, 0.05) is 32.4 Å². The molecule has 1 atom stereocenters. The van der Waals surface area contributed by atoms with Crippen molar-refractivity contribution in [3.05, 3.63) is 46.6 Å². The molecule has 1 fully saturated rings. The summed E-state index contributed by atoms with van der Waals surface area (Å²) in [6, 6.07) is 8.97. The number of piperazine rings is 1. The SMILES string of the molecule is CC(Oc1cccc(Cl)c1Cl)C(=O)N1CCN(c2nc3cccnc3s2)CC1. The molecule has 1 aromatic carbocycles. The van der Waals surface area contributed by atoms with E-state index in [1.165, 1.54) is 0 Å². The molecule has 146 valence electrons. The Morgan fingerprint density at radius 3 is 2.71 bits per heavy atom. The molecule has 3 heterocycles. The van der Waals surface area contributed by atoms with Crippen LogP contribution in [0.25, 0.3) is 10.3 Å². The van der Waals surface area contributed by atoms with Crippen molar-refractivity contribution in [2.45, 2.75) is 13.0 Å². The van der Waals surface area contributed by atoms with Crippen LogP contribution >= 0.6 is 34.5 Å². The molecule has 1 amide bonds. The number of rotatable bonds is 4. The maximum absolute atomic E-state index is 12.8. The molecule has 1 aliphatic heterocycles. The van der Waals surface area contributed by atoms with Crippen LogP contribution in [0.15, 0.2) is 36.5 Å². The molecule has 1 saturated heterocycles. The molecule has 1 unspecified atom stereocenters. The van der Waals surface area contributed by atoms with Gasteiger partial charge in [-0.3, -0.25) is 4.79 Å². The predicted octanol–water partition coefficient (Wildman–Crippen LogP) is 4.11. The van der Waals surface area contributed by atoms with Crippen LogP contribution in [0.5, 0.6) is 5.75 Å². The second-order valence-corrected chi connectivity index (χ2v) is 8.19. The highest BCUT2D eigenvalue weighted by atomic mass is 35.5. The van der Waals surface area contributed by atoms with Crippen LogP contribution in [0, 0.1) is 0 Å². The van der Waals surface area contributed by atoms with Crippen LogP contribution < -0.4 is 9.64 Å². The van der Waals surface area contributed by atoms with Crippen molar-refractivity contribution >= 4 is 55.9 Å². The van der Waals surface area contributed by atoms with Gasteiger partial charge in [-0.15, -0.1) is 0 Å². The normalized spacial score (nSPS) is 15.7. The van der Waals surface area contributed by atoms with E-state index >= 15 is 0 Å². The Morgan fingerprint density at radius 1 is 1.18 bits per heavy atom. The number of amides is 1. The second kappa shape index (κ2) is 8.11. The number of halogens is 2. The van der Waals surface area contributed by atoms with Crippen molar-refractivity contribution in [3.8, 4) is 5.75 Å². The van der Waals surface area contributed by atoms with Crippen molar-refractivity contribution in [1.29, 1.82) is 0 Å². The molecule has 0 bridgehead atoms. The van der Waals surface area contributed by atoms with Crippen molar-refractivity contribution < 1.29 is 9.53 Å². The molecule has 2 aromatic heterocycles. The van der Waals surface area contributed by atoms with E-state index in [1.807, 2.05) is 17.0 Å². The molecular weight excluding hydrogens is 419 g/mol. The number of hydrogen-bond acceptors (Lipinski definition) is 6. The highest BCUT2D eigenvalue weighted by molar-refractivity contribution is 7.21. The van der Waals surface area contributed by atoms with Gasteiger partial charge in [0.1, 0.15) is 21.1 Å². The monoisotopic (exact) mass is 436 g/mol. The van der Waals surface area contributed by atoms with E-state index in [9.17, 15) is 4.79 Å². The summed E-state index contributed by atoms with van der Waals surface area (Å²) in [7, 11) is 0. The zero-order valence-electron chi connectivity index (χ0n) is 15.1. The zero-order valence-corrected chi connectivity index (χ0v) is 17.5.